The van der Waals surface area contributed by atoms with Crippen molar-refractivity contribution in [3.05, 3.63) is 36.4 Å². The number of hydrogen-bond acceptors (Lipinski definition) is 2. The Hall–Kier alpha value is -2.04. The van der Waals surface area contributed by atoms with Crippen molar-refractivity contribution in [1.82, 2.24) is 14.7 Å². The minimum absolute atomic E-state index is 0.539. The quantitative estimate of drug-likeness (QED) is 0.645. The minimum Gasteiger partial charge on any atom is -0.370 e. The van der Waals surface area contributed by atoms with E-state index in [9.17, 15) is 0 Å². The Labute approximate surface area is 112 Å². The van der Waals surface area contributed by atoms with E-state index in [1.807, 2.05) is 22.9 Å². The van der Waals surface area contributed by atoms with Crippen LogP contribution in [0.15, 0.2) is 35.8 Å². The maximum atomic E-state index is 5.86. The summed E-state index contributed by atoms with van der Waals surface area (Å²) in [5.74, 6) is 1.33. The van der Waals surface area contributed by atoms with Gasteiger partial charge in [-0.25, -0.2) is 9.98 Å². The molecule has 0 bridgehead atoms. The van der Waals surface area contributed by atoms with Crippen LogP contribution in [0.1, 0.15) is 24.8 Å². The average Bonchev–Trinajstić information content (AvgIpc) is 2.81. The van der Waals surface area contributed by atoms with Gasteiger partial charge in [0.1, 0.15) is 0 Å². The molecule has 1 fully saturated rings. The lowest BCUT2D eigenvalue weighted by molar-refractivity contribution is 0.315. The van der Waals surface area contributed by atoms with Crippen molar-refractivity contribution in [2.45, 2.75) is 25.8 Å². The maximum Gasteiger partial charge on any atom is 0.188 e. The molecule has 0 spiro atoms. The van der Waals surface area contributed by atoms with Crippen molar-refractivity contribution >= 4 is 11.5 Å². The number of nitrogens with one attached hydrogen (secondary N) is 1. The van der Waals surface area contributed by atoms with Crippen molar-refractivity contribution < 1.29 is 0 Å². The molecule has 0 atom stereocenters. The van der Waals surface area contributed by atoms with E-state index in [4.69, 9.17) is 5.73 Å². The highest BCUT2D eigenvalue weighted by molar-refractivity contribution is 5.77. The molecule has 0 amide bonds. The number of nitrogens with zero attached hydrogens (tertiary/aromatic N) is 3. The van der Waals surface area contributed by atoms with Gasteiger partial charge in [0.15, 0.2) is 5.96 Å². The summed E-state index contributed by atoms with van der Waals surface area (Å²) in [4.78, 5) is 8.46. The fourth-order valence-corrected chi connectivity index (χ4v) is 2.24. The maximum absolute atomic E-state index is 5.86. The first-order valence-electron chi connectivity index (χ1n) is 6.75. The molecular formula is C14H19N5. The van der Waals surface area contributed by atoms with Crippen LogP contribution in [0.3, 0.4) is 0 Å². The molecule has 0 aromatic carbocycles. The van der Waals surface area contributed by atoms with Crippen LogP contribution in [0.4, 0.5) is 0 Å². The highest BCUT2D eigenvalue weighted by Crippen LogP contribution is 2.24. The van der Waals surface area contributed by atoms with Gasteiger partial charge >= 0.3 is 0 Å². The molecule has 5 nitrogen and oxygen atoms in total. The predicted octanol–water partition coefficient (Wildman–Crippen LogP) is 1.54. The van der Waals surface area contributed by atoms with E-state index in [-0.39, 0.29) is 0 Å². The lowest BCUT2D eigenvalue weighted by Crippen LogP contribution is -2.37. The molecule has 2 aromatic rings. The predicted molar refractivity (Wildman–Crippen MR) is 75.9 cm³/mol. The van der Waals surface area contributed by atoms with Crippen LogP contribution in [0.2, 0.25) is 0 Å². The van der Waals surface area contributed by atoms with Crippen LogP contribution in [0, 0.1) is 5.92 Å². The Kier molecular flexibility index (Phi) is 3.35. The first-order valence-corrected chi connectivity index (χ1v) is 6.75. The smallest absolute Gasteiger partial charge is 0.188 e. The minimum atomic E-state index is 0.539. The molecule has 0 saturated heterocycles. The molecule has 2 aromatic heterocycles. The molecule has 5 heteroatoms. The zero-order valence-electron chi connectivity index (χ0n) is 10.9. The van der Waals surface area contributed by atoms with Gasteiger partial charge in [0, 0.05) is 12.7 Å². The Bertz CT molecular complexity index is 582. The molecular weight excluding hydrogens is 238 g/mol. The number of pyridine rings is 1. The SMILES string of the molecule is NC(=NCc1ccc2cncn2c1)NCC1CCC1. The van der Waals surface area contributed by atoms with Crippen molar-refractivity contribution in [2.75, 3.05) is 6.54 Å². The number of aromatic nitrogens is 2. The Morgan fingerprint density at radius 3 is 3.16 bits per heavy atom. The van der Waals surface area contributed by atoms with Crippen LogP contribution in [0.5, 0.6) is 0 Å². The summed E-state index contributed by atoms with van der Waals surface area (Å²) in [5, 5.41) is 3.20. The van der Waals surface area contributed by atoms with Gasteiger partial charge in [-0.3, -0.25) is 0 Å². The van der Waals surface area contributed by atoms with E-state index in [0.29, 0.717) is 12.5 Å². The highest BCUT2D eigenvalue weighted by Gasteiger charge is 2.16. The third kappa shape index (κ3) is 2.86. The van der Waals surface area contributed by atoms with Crippen molar-refractivity contribution in [2.24, 2.45) is 16.6 Å². The van der Waals surface area contributed by atoms with Crippen LogP contribution in [-0.2, 0) is 6.54 Å². The molecule has 100 valence electrons. The molecule has 2 heterocycles. The molecule has 3 N–H and O–H groups in total. The van der Waals surface area contributed by atoms with Gasteiger partial charge in [-0.05, 0) is 30.4 Å². The molecule has 3 rings (SSSR count). The lowest BCUT2D eigenvalue weighted by Gasteiger charge is -2.25. The Morgan fingerprint density at radius 1 is 1.47 bits per heavy atom. The van der Waals surface area contributed by atoms with Crippen molar-refractivity contribution in [3.8, 4) is 0 Å². The number of fused-ring (bicyclic) bond motifs is 1. The number of hydrogen-bond donors (Lipinski definition) is 2. The molecule has 19 heavy (non-hydrogen) atoms. The molecule has 0 aliphatic heterocycles. The third-order valence-corrected chi connectivity index (χ3v) is 3.70. The van der Waals surface area contributed by atoms with Gasteiger partial charge in [-0.2, -0.15) is 0 Å². The summed E-state index contributed by atoms with van der Waals surface area (Å²) >= 11 is 0. The first kappa shape index (κ1) is 12.0. The topological polar surface area (TPSA) is 67.7 Å². The number of rotatable bonds is 4. The Balaban J connectivity index is 1.57. The second-order valence-corrected chi connectivity index (χ2v) is 5.14. The summed E-state index contributed by atoms with van der Waals surface area (Å²) in [5.41, 5.74) is 8.07. The van der Waals surface area contributed by atoms with Crippen molar-refractivity contribution in [1.29, 1.82) is 0 Å². The van der Waals surface area contributed by atoms with Gasteiger partial charge in [0.25, 0.3) is 0 Å². The van der Waals surface area contributed by atoms with E-state index in [1.165, 1.54) is 19.3 Å². The molecule has 1 aliphatic rings. The number of aliphatic imine (C=N–C) groups is 1. The second kappa shape index (κ2) is 5.30. The van der Waals surface area contributed by atoms with Crippen LogP contribution in [-0.4, -0.2) is 21.9 Å². The summed E-state index contributed by atoms with van der Waals surface area (Å²) in [7, 11) is 0. The molecule has 0 radical (unpaired) electrons. The van der Waals surface area contributed by atoms with Gasteiger partial charge < -0.3 is 15.5 Å². The first-order chi connectivity index (χ1) is 9.31. The zero-order valence-corrected chi connectivity index (χ0v) is 10.9. The van der Waals surface area contributed by atoms with Crippen LogP contribution in [0.25, 0.3) is 5.52 Å². The number of guanidine groups is 1. The number of nitrogens with two attached hydrogens (primary N) is 1. The van der Waals surface area contributed by atoms with Gasteiger partial charge in [-0.15, -0.1) is 0 Å². The molecule has 1 aliphatic carbocycles. The van der Waals surface area contributed by atoms with Gasteiger partial charge in [0.2, 0.25) is 0 Å². The highest BCUT2D eigenvalue weighted by atomic mass is 15.1. The monoisotopic (exact) mass is 257 g/mol. The summed E-state index contributed by atoms with van der Waals surface area (Å²) in [6, 6.07) is 4.09. The average molecular weight is 257 g/mol. The summed E-state index contributed by atoms with van der Waals surface area (Å²) in [6.45, 7) is 1.55. The Morgan fingerprint density at radius 2 is 2.37 bits per heavy atom. The lowest BCUT2D eigenvalue weighted by atomic mass is 9.85. The largest absolute Gasteiger partial charge is 0.370 e. The number of imidazole rings is 1. The van der Waals surface area contributed by atoms with E-state index in [1.54, 1.807) is 6.33 Å². The van der Waals surface area contributed by atoms with Gasteiger partial charge in [0.05, 0.1) is 24.6 Å². The van der Waals surface area contributed by atoms with E-state index >= 15 is 0 Å². The molecule has 1 saturated carbocycles. The summed E-state index contributed by atoms with van der Waals surface area (Å²) in [6.07, 6.45) is 9.65. The fourth-order valence-electron chi connectivity index (χ4n) is 2.24. The van der Waals surface area contributed by atoms with Crippen molar-refractivity contribution in [3.63, 3.8) is 0 Å². The van der Waals surface area contributed by atoms with Gasteiger partial charge in [-0.1, -0.05) is 12.5 Å². The van der Waals surface area contributed by atoms with E-state index < -0.39 is 0 Å². The standard InChI is InChI=1S/C14H19N5/c15-14(17-6-11-2-1-3-11)18-7-12-4-5-13-8-16-10-19(13)9-12/h4-5,8-11H,1-3,6-7H2,(H3,15,17,18). The summed E-state index contributed by atoms with van der Waals surface area (Å²) < 4.78 is 1.99. The fraction of sp³-hybridized carbons (Fsp3) is 0.429. The second-order valence-electron chi connectivity index (χ2n) is 5.14. The zero-order chi connectivity index (χ0) is 13.1. The normalized spacial score (nSPS) is 16.5. The van der Waals surface area contributed by atoms with Crippen LogP contribution < -0.4 is 11.1 Å². The van der Waals surface area contributed by atoms with Crippen LogP contribution >= 0.6 is 0 Å². The molecule has 0 unspecified atom stereocenters. The third-order valence-electron chi connectivity index (χ3n) is 3.70. The van der Waals surface area contributed by atoms with E-state index in [0.717, 1.165) is 23.5 Å². The van der Waals surface area contributed by atoms with E-state index in [2.05, 4.69) is 21.4 Å².